The van der Waals surface area contributed by atoms with E-state index in [0.29, 0.717) is 11.5 Å². The van der Waals surface area contributed by atoms with Crippen molar-refractivity contribution < 1.29 is 9.53 Å². The zero-order valence-electron chi connectivity index (χ0n) is 12.1. The minimum Gasteiger partial charge on any atom is -0.490 e. The largest absolute Gasteiger partial charge is 0.490 e. The molecule has 2 rings (SSSR count). The summed E-state index contributed by atoms with van der Waals surface area (Å²) in [6.45, 7) is 6.01. The molecule has 1 saturated heterocycles. The molecule has 0 N–H and O–H groups in total. The molecule has 3 heteroatoms. The molecule has 1 heterocycles. The minimum atomic E-state index is 0.0809. The van der Waals surface area contributed by atoms with Gasteiger partial charge in [0.05, 0.1) is 6.10 Å². The fraction of sp³-hybridized carbons (Fsp3) is 0.562. The summed E-state index contributed by atoms with van der Waals surface area (Å²) in [6, 6.07) is 7.48. The Morgan fingerprint density at radius 2 is 2.05 bits per heavy atom. The first-order chi connectivity index (χ1) is 9.06. The second-order valence-corrected chi connectivity index (χ2v) is 5.55. The fourth-order valence-electron chi connectivity index (χ4n) is 2.60. The number of carbonyl (C=O) groups excluding carboxylic acids is 1. The second kappa shape index (κ2) is 6.20. The maximum absolute atomic E-state index is 11.4. The normalized spacial score (nSPS) is 19.1. The lowest BCUT2D eigenvalue weighted by Gasteiger charge is -2.32. The molecule has 1 aromatic rings. The Morgan fingerprint density at radius 3 is 2.68 bits per heavy atom. The van der Waals surface area contributed by atoms with Crippen molar-refractivity contribution in [1.82, 2.24) is 4.90 Å². The molecule has 1 fully saturated rings. The van der Waals surface area contributed by atoms with E-state index in [2.05, 4.69) is 18.9 Å². The summed E-state index contributed by atoms with van der Waals surface area (Å²) >= 11 is 0. The number of Topliss-reactive ketones (excluding diaryl/α,β-unsaturated/α-hetero) is 1. The number of nitrogens with zero attached hydrogens (tertiary/aromatic N) is 1. The van der Waals surface area contributed by atoms with Crippen molar-refractivity contribution in [2.75, 3.05) is 20.1 Å². The maximum atomic E-state index is 11.4. The van der Waals surface area contributed by atoms with Crippen molar-refractivity contribution in [2.45, 2.75) is 32.8 Å². The van der Waals surface area contributed by atoms with E-state index in [1.54, 1.807) is 6.92 Å². The number of hydrogen-bond acceptors (Lipinski definition) is 3. The quantitative estimate of drug-likeness (QED) is 0.780. The average molecular weight is 261 g/mol. The molecule has 0 spiro atoms. The molecule has 1 aromatic carbocycles. The number of likely N-dealkylation sites (tertiary alicyclic amines) is 1. The van der Waals surface area contributed by atoms with Crippen molar-refractivity contribution in [3.05, 3.63) is 29.8 Å². The van der Waals surface area contributed by atoms with Gasteiger partial charge in [0.1, 0.15) is 5.75 Å². The molecule has 0 bridgehead atoms. The van der Waals surface area contributed by atoms with Gasteiger partial charge in [-0.25, -0.2) is 0 Å². The molecule has 0 amide bonds. The molecule has 3 nitrogen and oxygen atoms in total. The molecule has 0 radical (unpaired) electrons. The second-order valence-electron chi connectivity index (χ2n) is 5.55. The first-order valence-electron chi connectivity index (χ1n) is 7.02. The van der Waals surface area contributed by atoms with E-state index in [-0.39, 0.29) is 11.9 Å². The highest BCUT2D eigenvalue weighted by molar-refractivity contribution is 5.94. The Hall–Kier alpha value is -1.35. The number of carbonyl (C=O) groups is 1. The molecule has 1 aliphatic heterocycles. The number of benzene rings is 1. The number of ether oxygens (including phenoxy) is 1. The van der Waals surface area contributed by atoms with Crippen LogP contribution in [-0.4, -0.2) is 36.9 Å². The monoisotopic (exact) mass is 261 g/mol. The Balaban J connectivity index is 1.96. The predicted octanol–water partition coefficient (Wildman–Crippen LogP) is 3.00. The molecule has 0 aromatic heterocycles. The molecular formula is C16H23NO2. The number of ketones is 1. The van der Waals surface area contributed by atoms with Gasteiger partial charge < -0.3 is 9.64 Å². The van der Waals surface area contributed by atoms with E-state index in [1.165, 1.54) is 12.8 Å². The van der Waals surface area contributed by atoms with E-state index in [9.17, 15) is 4.79 Å². The third-order valence-corrected chi connectivity index (χ3v) is 3.99. The Morgan fingerprint density at radius 1 is 1.37 bits per heavy atom. The number of rotatable bonds is 4. The van der Waals surface area contributed by atoms with E-state index >= 15 is 0 Å². The first kappa shape index (κ1) is 14.1. The van der Waals surface area contributed by atoms with Gasteiger partial charge >= 0.3 is 0 Å². The van der Waals surface area contributed by atoms with Crippen LogP contribution in [0.5, 0.6) is 5.75 Å². The van der Waals surface area contributed by atoms with Crippen molar-refractivity contribution in [2.24, 2.45) is 5.92 Å². The summed E-state index contributed by atoms with van der Waals surface area (Å²) in [5.74, 6) is 1.49. The molecule has 104 valence electrons. The summed E-state index contributed by atoms with van der Waals surface area (Å²) in [5.41, 5.74) is 0.716. The maximum Gasteiger partial charge on any atom is 0.159 e. The van der Waals surface area contributed by atoms with Crippen molar-refractivity contribution in [3.8, 4) is 5.75 Å². The van der Waals surface area contributed by atoms with Gasteiger partial charge in [0.2, 0.25) is 0 Å². The first-order valence-corrected chi connectivity index (χ1v) is 7.02. The summed E-state index contributed by atoms with van der Waals surface area (Å²) in [6.07, 6.45) is 2.57. The van der Waals surface area contributed by atoms with Crippen LogP contribution in [0.3, 0.4) is 0 Å². The molecule has 1 unspecified atom stereocenters. The van der Waals surface area contributed by atoms with Gasteiger partial charge in [0.15, 0.2) is 5.78 Å². The van der Waals surface area contributed by atoms with Crippen LogP contribution in [-0.2, 0) is 0 Å². The third kappa shape index (κ3) is 3.80. The lowest BCUT2D eigenvalue weighted by molar-refractivity contribution is 0.0967. The average Bonchev–Trinajstić information content (AvgIpc) is 2.39. The van der Waals surface area contributed by atoms with Crippen LogP contribution in [0.1, 0.15) is 37.0 Å². The lowest BCUT2D eigenvalue weighted by atomic mass is 9.92. The highest BCUT2D eigenvalue weighted by Gasteiger charge is 2.23. The van der Waals surface area contributed by atoms with Crippen molar-refractivity contribution >= 4 is 5.78 Å². The molecule has 0 aliphatic carbocycles. The molecule has 1 aliphatic rings. The summed E-state index contributed by atoms with van der Waals surface area (Å²) in [5, 5.41) is 0. The minimum absolute atomic E-state index is 0.0809. The summed E-state index contributed by atoms with van der Waals surface area (Å²) < 4.78 is 6.01. The van der Waals surface area contributed by atoms with Crippen LogP contribution in [0.2, 0.25) is 0 Å². The fourth-order valence-corrected chi connectivity index (χ4v) is 2.60. The van der Waals surface area contributed by atoms with Gasteiger partial charge in [-0.1, -0.05) is 12.1 Å². The predicted molar refractivity (Wildman–Crippen MR) is 76.8 cm³/mol. The Labute approximate surface area is 115 Å². The number of piperidine rings is 1. The van der Waals surface area contributed by atoms with Crippen LogP contribution < -0.4 is 4.74 Å². The van der Waals surface area contributed by atoms with Gasteiger partial charge in [-0.3, -0.25) is 4.79 Å². The molecule has 19 heavy (non-hydrogen) atoms. The van der Waals surface area contributed by atoms with Crippen LogP contribution in [0.15, 0.2) is 24.3 Å². The zero-order valence-corrected chi connectivity index (χ0v) is 12.1. The molecular weight excluding hydrogens is 238 g/mol. The van der Waals surface area contributed by atoms with Crippen LogP contribution in [0, 0.1) is 5.92 Å². The smallest absolute Gasteiger partial charge is 0.159 e. The van der Waals surface area contributed by atoms with Crippen LogP contribution in [0.4, 0.5) is 0 Å². The highest BCUT2D eigenvalue weighted by atomic mass is 16.5. The van der Waals surface area contributed by atoms with Gasteiger partial charge in [-0.15, -0.1) is 0 Å². The summed E-state index contributed by atoms with van der Waals surface area (Å²) in [4.78, 5) is 13.7. The van der Waals surface area contributed by atoms with E-state index in [4.69, 9.17) is 4.74 Å². The third-order valence-electron chi connectivity index (χ3n) is 3.99. The van der Waals surface area contributed by atoms with Gasteiger partial charge in [0.25, 0.3) is 0 Å². The molecule has 0 saturated carbocycles. The standard InChI is InChI=1S/C16H23NO2/c1-12(18)15-5-4-6-16(11-15)19-13(2)14-7-9-17(3)10-8-14/h4-6,11,13-14H,7-10H2,1-3H3. The zero-order chi connectivity index (χ0) is 13.8. The SMILES string of the molecule is CC(=O)c1cccc(OC(C)C2CCN(C)CC2)c1. The van der Waals surface area contributed by atoms with Crippen LogP contribution >= 0.6 is 0 Å². The van der Waals surface area contributed by atoms with E-state index in [0.717, 1.165) is 18.8 Å². The van der Waals surface area contributed by atoms with Gasteiger partial charge in [-0.2, -0.15) is 0 Å². The topological polar surface area (TPSA) is 29.5 Å². The van der Waals surface area contributed by atoms with Crippen molar-refractivity contribution in [1.29, 1.82) is 0 Å². The van der Waals surface area contributed by atoms with Gasteiger partial charge in [-0.05, 0) is 64.9 Å². The highest BCUT2D eigenvalue weighted by Crippen LogP contribution is 2.24. The summed E-state index contributed by atoms with van der Waals surface area (Å²) in [7, 11) is 2.16. The van der Waals surface area contributed by atoms with E-state index in [1.807, 2.05) is 24.3 Å². The lowest BCUT2D eigenvalue weighted by Crippen LogP contribution is -2.36. The van der Waals surface area contributed by atoms with E-state index < -0.39 is 0 Å². The van der Waals surface area contributed by atoms with Gasteiger partial charge in [0, 0.05) is 5.56 Å². The Bertz CT molecular complexity index is 436. The number of hydrogen-bond donors (Lipinski definition) is 0. The Kier molecular flexibility index (Phi) is 4.59. The van der Waals surface area contributed by atoms with Crippen LogP contribution in [0.25, 0.3) is 0 Å². The molecule has 1 atom stereocenters. The van der Waals surface area contributed by atoms with Crippen molar-refractivity contribution in [3.63, 3.8) is 0 Å².